The van der Waals surface area contributed by atoms with Gasteiger partial charge in [-0.15, -0.1) is 0 Å². The Morgan fingerprint density at radius 2 is 1.91 bits per heavy atom. The predicted octanol–water partition coefficient (Wildman–Crippen LogP) is 3.90. The van der Waals surface area contributed by atoms with E-state index >= 15 is 0 Å². The number of fused-ring (bicyclic) bond motifs is 5. The highest BCUT2D eigenvalue weighted by Gasteiger charge is 2.33. The minimum Gasteiger partial charge on any atom is -0.368 e. The van der Waals surface area contributed by atoms with Gasteiger partial charge in [0.25, 0.3) is 0 Å². The van der Waals surface area contributed by atoms with Crippen molar-refractivity contribution in [3.63, 3.8) is 0 Å². The highest BCUT2D eigenvalue weighted by atomic mass is 19.1. The van der Waals surface area contributed by atoms with Crippen molar-refractivity contribution in [2.75, 3.05) is 31.6 Å². The molecule has 33 heavy (non-hydrogen) atoms. The first-order valence-electron chi connectivity index (χ1n) is 11.1. The Morgan fingerprint density at radius 3 is 2.73 bits per heavy atom. The second-order valence-corrected chi connectivity index (χ2v) is 8.80. The summed E-state index contributed by atoms with van der Waals surface area (Å²) in [5.74, 6) is 0.495. The summed E-state index contributed by atoms with van der Waals surface area (Å²) in [6, 6.07) is 14.8. The van der Waals surface area contributed by atoms with E-state index in [-0.39, 0.29) is 11.7 Å². The fraction of sp³-hybridized carbons (Fsp3) is 0.280. The van der Waals surface area contributed by atoms with Crippen molar-refractivity contribution in [2.45, 2.75) is 12.7 Å². The van der Waals surface area contributed by atoms with Gasteiger partial charge in [-0.1, -0.05) is 12.1 Å². The number of alkyl halides is 1. The maximum absolute atomic E-state index is 14.5. The van der Waals surface area contributed by atoms with Crippen LogP contribution in [-0.2, 0) is 6.54 Å². The minimum atomic E-state index is -0.840. The molecular formula is C25H24F2N6. The topological polar surface area (TPSA) is 50.9 Å². The molecule has 2 aliphatic rings. The van der Waals surface area contributed by atoms with Gasteiger partial charge in [0, 0.05) is 49.5 Å². The molecule has 1 fully saturated rings. The molecule has 2 aliphatic heterocycles. The number of aromatic nitrogens is 4. The number of rotatable bonds is 4. The van der Waals surface area contributed by atoms with Gasteiger partial charge in [0.2, 0.25) is 0 Å². The summed E-state index contributed by atoms with van der Waals surface area (Å²) in [6.45, 7) is 2.41. The van der Waals surface area contributed by atoms with Crippen LogP contribution in [0.25, 0.3) is 28.3 Å². The maximum Gasteiger partial charge on any atom is 0.179 e. The van der Waals surface area contributed by atoms with Crippen LogP contribution in [0.5, 0.6) is 0 Å². The molecule has 0 aliphatic carbocycles. The molecule has 2 aromatic carbocycles. The van der Waals surface area contributed by atoms with E-state index in [2.05, 4.69) is 49.3 Å². The SMILES string of the molecule is CNC[C@@H]1CN(c2ccc3c(c2)Cn2cc(-c4ccc(F)cc4)cc2-c2ncnn2-3)C[C@@H]1F. The van der Waals surface area contributed by atoms with Crippen molar-refractivity contribution in [1.29, 1.82) is 0 Å². The predicted molar refractivity (Wildman–Crippen MR) is 124 cm³/mol. The van der Waals surface area contributed by atoms with Crippen LogP contribution in [0.4, 0.5) is 14.5 Å². The Hall–Kier alpha value is -3.52. The zero-order valence-corrected chi connectivity index (χ0v) is 18.2. The molecular weight excluding hydrogens is 422 g/mol. The minimum absolute atomic E-state index is 0.00922. The molecule has 168 valence electrons. The lowest BCUT2D eigenvalue weighted by atomic mass is 10.1. The van der Waals surface area contributed by atoms with Crippen LogP contribution >= 0.6 is 0 Å². The van der Waals surface area contributed by atoms with Gasteiger partial charge in [-0.2, -0.15) is 5.10 Å². The summed E-state index contributed by atoms with van der Waals surface area (Å²) in [5, 5.41) is 7.59. The number of nitrogens with one attached hydrogen (secondary N) is 1. The third-order valence-corrected chi connectivity index (χ3v) is 6.68. The van der Waals surface area contributed by atoms with Gasteiger partial charge in [0.05, 0.1) is 11.4 Å². The molecule has 0 amide bonds. The van der Waals surface area contributed by atoms with E-state index in [0.717, 1.165) is 39.6 Å². The first kappa shape index (κ1) is 20.1. The van der Waals surface area contributed by atoms with E-state index in [9.17, 15) is 8.78 Å². The monoisotopic (exact) mass is 446 g/mol. The Balaban J connectivity index is 1.39. The molecule has 0 spiro atoms. The van der Waals surface area contributed by atoms with Gasteiger partial charge in [0.15, 0.2) is 5.82 Å². The summed E-state index contributed by atoms with van der Waals surface area (Å²) < 4.78 is 31.9. The summed E-state index contributed by atoms with van der Waals surface area (Å²) in [6.07, 6.45) is 2.79. The molecule has 8 heteroatoms. The van der Waals surface area contributed by atoms with Crippen LogP contribution < -0.4 is 10.2 Å². The van der Waals surface area contributed by atoms with Gasteiger partial charge in [-0.3, -0.25) is 0 Å². The molecule has 4 heterocycles. The van der Waals surface area contributed by atoms with Crippen molar-refractivity contribution < 1.29 is 8.78 Å². The number of anilines is 1. The highest BCUT2D eigenvalue weighted by Crippen LogP contribution is 2.35. The van der Waals surface area contributed by atoms with Crippen molar-refractivity contribution in [1.82, 2.24) is 24.6 Å². The molecule has 0 unspecified atom stereocenters. The van der Waals surface area contributed by atoms with Crippen LogP contribution in [0.3, 0.4) is 0 Å². The van der Waals surface area contributed by atoms with E-state index in [1.807, 2.05) is 17.8 Å². The lowest BCUT2D eigenvalue weighted by Gasteiger charge is -2.20. The second kappa shape index (κ2) is 7.81. The molecule has 2 aromatic heterocycles. The standard InChI is InChI=1S/C25H24F2N6/c1-28-10-19-13-31(14-22(19)27)21-6-7-23-18(8-21)12-32-11-17(16-2-4-20(26)5-3-16)9-24(32)25-29-15-30-33(23)25/h2-9,11,15,19,22,28H,10,12-14H2,1H3/t19-,22+/m1/s1. The van der Waals surface area contributed by atoms with E-state index in [4.69, 9.17) is 0 Å². The fourth-order valence-corrected chi connectivity index (χ4v) is 5.00. The maximum atomic E-state index is 14.5. The molecule has 6 nitrogen and oxygen atoms in total. The van der Waals surface area contributed by atoms with Crippen LogP contribution in [0, 0.1) is 11.7 Å². The summed E-state index contributed by atoms with van der Waals surface area (Å²) in [7, 11) is 1.86. The molecule has 0 saturated carbocycles. The summed E-state index contributed by atoms with van der Waals surface area (Å²) in [4.78, 5) is 6.65. The molecule has 6 rings (SSSR count). The number of hydrogen-bond acceptors (Lipinski definition) is 4. The number of nitrogens with zero attached hydrogens (tertiary/aromatic N) is 5. The van der Waals surface area contributed by atoms with Crippen LogP contribution in [0.1, 0.15) is 5.56 Å². The molecule has 4 aromatic rings. The zero-order valence-electron chi connectivity index (χ0n) is 18.2. The number of halogens is 2. The molecule has 1 N–H and O–H groups in total. The second-order valence-electron chi connectivity index (χ2n) is 8.80. The van der Waals surface area contributed by atoms with Gasteiger partial charge in [-0.05, 0) is 54.6 Å². The molecule has 1 saturated heterocycles. The smallest absolute Gasteiger partial charge is 0.179 e. The van der Waals surface area contributed by atoms with Gasteiger partial charge in [0.1, 0.15) is 18.3 Å². The third-order valence-electron chi connectivity index (χ3n) is 6.68. The lowest BCUT2D eigenvalue weighted by Crippen LogP contribution is -2.26. The van der Waals surface area contributed by atoms with Crippen molar-refractivity contribution in [3.05, 3.63) is 72.4 Å². The number of benzene rings is 2. The van der Waals surface area contributed by atoms with Crippen LogP contribution in [0.2, 0.25) is 0 Å². The molecule has 0 bridgehead atoms. The van der Waals surface area contributed by atoms with Crippen molar-refractivity contribution in [2.24, 2.45) is 5.92 Å². The van der Waals surface area contributed by atoms with Crippen molar-refractivity contribution in [3.8, 4) is 28.3 Å². The average molecular weight is 447 g/mol. The Kier molecular flexibility index (Phi) is 4.76. The fourth-order valence-electron chi connectivity index (χ4n) is 5.00. The Labute approximate surface area is 190 Å². The van der Waals surface area contributed by atoms with Gasteiger partial charge in [-0.25, -0.2) is 18.4 Å². The third kappa shape index (κ3) is 3.41. The largest absolute Gasteiger partial charge is 0.368 e. The highest BCUT2D eigenvalue weighted by molar-refractivity contribution is 5.71. The average Bonchev–Trinajstić information content (AvgIpc) is 3.52. The zero-order chi connectivity index (χ0) is 22.5. The first-order valence-corrected chi connectivity index (χ1v) is 11.1. The van der Waals surface area contributed by atoms with E-state index < -0.39 is 6.17 Å². The van der Waals surface area contributed by atoms with E-state index in [1.165, 1.54) is 12.1 Å². The van der Waals surface area contributed by atoms with Crippen LogP contribution in [-0.4, -0.2) is 52.2 Å². The summed E-state index contributed by atoms with van der Waals surface area (Å²) >= 11 is 0. The summed E-state index contributed by atoms with van der Waals surface area (Å²) in [5.41, 5.74) is 5.97. The lowest BCUT2D eigenvalue weighted by molar-refractivity contribution is 0.280. The molecule has 0 radical (unpaired) electrons. The van der Waals surface area contributed by atoms with Gasteiger partial charge < -0.3 is 14.8 Å². The number of hydrogen-bond donors (Lipinski definition) is 1. The Morgan fingerprint density at radius 1 is 1.06 bits per heavy atom. The quantitative estimate of drug-likeness (QED) is 0.455. The normalized spacial score (nSPS) is 19.2. The molecule has 2 atom stereocenters. The first-order chi connectivity index (χ1) is 16.1. The van der Waals surface area contributed by atoms with E-state index in [0.29, 0.717) is 26.2 Å². The van der Waals surface area contributed by atoms with Crippen LogP contribution in [0.15, 0.2) is 61.1 Å². The van der Waals surface area contributed by atoms with Gasteiger partial charge >= 0.3 is 0 Å². The van der Waals surface area contributed by atoms with E-state index in [1.54, 1.807) is 18.5 Å². The Bertz CT molecular complexity index is 1310. The van der Waals surface area contributed by atoms with Crippen molar-refractivity contribution >= 4 is 5.69 Å².